The predicted molar refractivity (Wildman–Crippen MR) is 145 cm³/mol. The molecule has 2 N–H and O–H groups in total. The Morgan fingerprint density at radius 2 is 1.54 bits per heavy atom. The molecule has 1 aliphatic heterocycles. The summed E-state index contributed by atoms with van der Waals surface area (Å²) in [4.78, 5) is 41.5. The standard InChI is InChI=1S/C30H40N2O7/c1-21(37-19-23-13-8-6-9-14-23)25(26(34)38-20-24-15-10-7-11-16-24)31-27(35)30(22(2)33)17-12-18-32(30)28(36)39-29(3,4)5/h6-11,13-16,21-22,25,33H,12,17-20H2,1-5H3,(H,31,35)/t21-,22?,25+,30?/m1/s1. The fraction of sp³-hybridized carbons (Fsp3) is 0.500. The molecule has 0 aliphatic carbocycles. The van der Waals surface area contributed by atoms with Crippen LogP contribution in [0.4, 0.5) is 4.79 Å². The van der Waals surface area contributed by atoms with Gasteiger partial charge < -0.3 is 24.6 Å². The molecule has 0 aromatic heterocycles. The number of carbonyl (C=O) groups excluding carboxylic acids is 3. The van der Waals surface area contributed by atoms with Crippen molar-refractivity contribution in [2.75, 3.05) is 6.54 Å². The van der Waals surface area contributed by atoms with Crippen molar-refractivity contribution in [2.45, 2.75) is 90.1 Å². The van der Waals surface area contributed by atoms with Gasteiger partial charge in [0.1, 0.15) is 12.2 Å². The van der Waals surface area contributed by atoms with Crippen molar-refractivity contribution >= 4 is 18.0 Å². The van der Waals surface area contributed by atoms with Gasteiger partial charge in [-0.2, -0.15) is 0 Å². The van der Waals surface area contributed by atoms with Gasteiger partial charge in [-0.25, -0.2) is 9.59 Å². The Balaban J connectivity index is 1.83. The zero-order valence-electron chi connectivity index (χ0n) is 23.4. The van der Waals surface area contributed by atoms with Crippen molar-refractivity contribution in [1.82, 2.24) is 10.2 Å². The van der Waals surface area contributed by atoms with E-state index in [0.717, 1.165) is 11.1 Å². The van der Waals surface area contributed by atoms with Crippen LogP contribution in [0.5, 0.6) is 0 Å². The molecule has 9 heteroatoms. The van der Waals surface area contributed by atoms with Crippen LogP contribution in [-0.2, 0) is 37.0 Å². The highest BCUT2D eigenvalue weighted by atomic mass is 16.6. The van der Waals surface area contributed by atoms with E-state index >= 15 is 0 Å². The molecule has 2 amide bonds. The molecule has 0 spiro atoms. The molecule has 212 valence electrons. The first-order valence-corrected chi connectivity index (χ1v) is 13.3. The molecule has 0 radical (unpaired) electrons. The minimum Gasteiger partial charge on any atom is -0.459 e. The Morgan fingerprint density at radius 3 is 2.08 bits per heavy atom. The fourth-order valence-corrected chi connectivity index (χ4v) is 4.62. The van der Waals surface area contributed by atoms with Crippen LogP contribution < -0.4 is 5.32 Å². The second-order valence-corrected chi connectivity index (χ2v) is 10.9. The van der Waals surface area contributed by atoms with Gasteiger partial charge in [0.15, 0.2) is 11.6 Å². The lowest BCUT2D eigenvalue weighted by molar-refractivity contribution is -0.156. The molecule has 1 heterocycles. The Morgan fingerprint density at radius 1 is 0.974 bits per heavy atom. The van der Waals surface area contributed by atoms with Gasteiger partial charge >= 0.3 is 12.1 Å². The maximum absolute atomic E-state index is 13.9. The van der Waals surface area contributed by atoms with Crippen LogP contribution in [0.15, 0.2) is 60.7 Å². The minimum absolute atomic E-state index is 0.0169. The first-order chi connectivity index (χ1) is 18.4. The fourth-order valence-electron chi connectivity index (χ4n) is 4.62. The summed E-state index contributed by atoms with van der Waals surface area (Å²) in [5.74, 6) is -1.35. The largest absolute Gasteiger partial charge is 0.459 e. The third kappa shape index (κ3) is 7.80. The van der Waals surface area contributed by atoms with Crippen LogP contribution in [0.3, 0.4) is 0 Å². The smallest absolute Gasteiger partial charge is 0.411 e. The van der Waals surface area contributed by atoms with Gasteiger partial charge in [-0.1, -0.05) is 60.7 Å². The Kier molecular flexibility index (Phi) is 10.1. The number of likely N-dealkylation sites (tertiary alicyclic amines) is 1. The zero-order valence-corrected chi connectivity index (χ0v) is 23.4. The Hall–Kier alpha value is -3.43. The van der Waals surface area contributed by atoms with Gasteiger partial charge in [0.25, 0.3) is 0 Å². The van der Waals surface area contributed by atoms with Gasteiger partial charge in [-0.05, 0) is 58.6 Å². The number of aliphatic hydroxyl groups is 1. The van der Waals surface area contributed by atoms with E-state index in [0.29, 0.717) is 6.42 Å². The average molecular weight is 541 g/mol. The number of nitrogens with one attached hydrogen (secondary N) is 1. The summed E-state index contributed by atoms with van der Waals surface area (Å²) in [6.45, 7) is 8.79. The molecule has 3 rings (SSSR count). The quantitative estimate of drug-likeness (QED) is 0.438. The Bertz CT molecular complexity index is 1100. The van der Waals surface area contributed by atoms with Crippen molar-refractivity contribution in [2.24, 2.45) is 0 Å². The first kappa shape index (κ1) is 30.1. The molecular formula is C30H40N2O7. The van der Waals surface area contributed by atoms with Crippen LogP contribution in [0, 0.1) is 0 Å². The molecule has 2 aromatic rings. The molecule has 1 saturated heterocycles. The molecule has 1 aliphatic rings. The van der Waals surface area contributed by atoms with E-state index in [1.54, 1.807) is 27.7 Å². The summed E-state index contributed by atoms with van der Waals surface area (Å²) < 4.78 is 17.1. The molecule has 2 aromatic carbocycles. The van der Waals surface area contributed by atoms with Crippen LogP contribution in [-0.4, -0.2) is 63.9 Å². The molecule has 9 nitrogen and oxygen atoms in total. The lowest BCUT2D eigenvalue weighted by Crippen LogP contribution is -2.66. The van der Waals surface area contributed by atoms with E-state index in [-0.39, 0.29) is 26.2 Å². The molecule has 0 bridgehead atoms. The molecule has 0 saturated carbocycles. The van der Waals surface area contributed by atoms with Crippen LogP contribution in [0.25, 0.3) is 0 Å². The second-order valence-electron chi connectivity index (χ2n) is 10.9. The van der Waals surface area contributed by atoms with E-state index < -0.39 is 47.4 Å². The van der Waals surface area contributed by atoms with Gasteiger partial charge in [-0.15, -0.1) is 0 Å². The van der Waals surface area contributed by atoms with Crippen molar-refractivity contribution < 1.29 is 33.7 Å². The number of carbonyl (C=O) groups is 3. The number of amides is 2. The summed E-state index contributed by atoms with van der Waals surface area (Å²) in [7, 11) is 0. The summed E-state index contributed by atoms with van der Waals surface area (Å²) in [5, 5.41) is 13.6. The van der Waals surface area contributed by atoms with Gasteiger partial charge in [0.2, 0.25) is 5.91 Å². The number of rotatable bonds is 10. The van der Waals surface area contributed by atoms with Crippen molar-refractivity contribution in [3.8, 4) is 0 Å². The maximum Gasteiger partial charge on any atom is 0.411 e. The number of hydrogen-bond donors (Lipinski definition) is 2. The Labute approximate surface area is 230 Å². The zero-order chi connectivity index (χ0) is 28.6. The molecule has 4 atom stereocenters. The molecular weight excluding hydrogens is 500 g/mol. The van der Waals surface area contributed by atoms with E-state index in [9.17, 15) is 19.5 Å². The number of esters is 1. The van der Waals surface area contributed by atoms with Crippen molar-refractivity contribution in [3.63, 3.8) is 0 Å². The highest BCUT2D eigenvalue weighted by Crippen LogP contribution is 2.35. The number of hydrogen-bond acceptors (Lipinski definition) is 7. The highest BCUT2D eigenvalue weighted by molar-refractivity contribution is 5.94. The first-order valence-electron chi connectivity index (χ1n) is 13.3. The number of aliphatic hydroxyl groups excluding tert-OH is 1. The average Bonchev–Trinajstić information content (AvgIpc) is 3.36. The summed E-state index contributed by atoms with van der Waals surface area (Å²) in [6.07, 6.45) is -2.01. The summed E-state index contributed by atoms with van der Waals surface area (Å²) in [6, 6.07) is 17.5. The lowest BCUT2D eigenvalue weighted by atomic mass is 9.88. The molecule has 2 unspecified atom stereocenters. The normalized spacial score (nSPS) is 19.6. The van der Waals surface area contributed by atoms with Crippen LogP contribution in [0.2, 0.25) is 0 Å². The van der Waals surface area contributed by atoms with E-state index in [4.69, 9.17) is 14.2 Å². The van der Waals surface area contributed by atoms with Gasteiger partial charge in [0.05, 0.1) is 18.8 Å². The minimum atomic E-state index is -1.61. The second kappa shape index (κ2) is 13.1. The maximum atomic E-state index is 13.9. The third-order valence-electron chi connectivity index (χ3n) is 6.71. The van der Waals surface area contributed by atoms with Crippen LogP contribution >= 0.6 is 0 Å². The number of benzene rings is 2. The number of ether oxygens (including phenoxy) is 3. The van der Waals surface area contributed by atoms with E-state index in [1.165, 1.54) is 11.8 Å². The SMILES string of the molecule is CC(O)C1(C(=O)N[C@H](C(=O)OCc2ccccc2)[C@@H](C)OCc2ccccc2)CCCN1C(=O)OC(C)(C)C. The van der Waals surface area contributed by atoms with Crippen LogP contribution in [0.1, 0.15) is 58.6 Å². The highest BCUT2D eigenvalue weighted by Gasteiger charge is 2.55. The molecule has 1 fully saturated rings. The summed E-state index contributed by atoms with van der Waals surface area (Å²) >= 11 is 0. The monoisotopic (exact) mass is 540 g/mol. The van der Waals surface area contributed by atoms with Crippen molar-refractivity contribution in [1.29, 1.82) is 0 Å². The lowest BCUT2D eigenvalue weighted by Gasteiger charge is -2.40. The topological polar surface area (TPSA) is 114 Å². The predicted octanol–water partition coefficient (Wildman–Crippen LogP) is 3.97. The van der Waals surface area contributed by atoms with E-state index in [1.807, 2.05) is 60.7 Å². The summed E-state index contributed by atoms with van der Waals surface area (Å²) in [5.41, 5.74) is -0.704. The van der Waals surface area contributed by atoms with Crippen molar-refractivity contribution in [3.05, 3.63) is 71.8 Å². The van der Waals surface area contributed by atoms with Gasteiger partial charge in [-0.3, -0.25) is 9.69 Å². The molecule has 39 heavy (non-hydrogen) atoms. The van der Waals surface area contributed by atoms with Gasteiger partial charge in [0, 0.05) is 6.54 Å². The van der Waals surface area contributed by atoms with E-state index in [2.05, 4.69) is 5.32 Å². The number of nitrogens with zero attached hydrogens (tertiary/aromatic N) is 1. The third-order valence-corrected chi connectivity index (χ3v) is 6.71.